The highest BCUT2D eigenvalue weighted by molar-refractivity contribution is 5.78. The highest BCUT2D eigenvalue weighted by atomic mass is 16.5. The molecule has 0 aliphatic carbocycles. The fourth-order valence-corrected chi connectivity index (χ4v) is 1.72. The molecule has 1 N–H and O–H groups in total. The Balaban J connectivity index is 2.12. The van der Waals surface area contributed by atoms with Gasteiger partial charge in [-0.25, -0.2) is 0 Å². The monoisotopic (exact) mass is 228 g/mol. The number of ether oxygens (including phenoxy) is 1. The summed E-state index contributed by atoms with van der Waals surface area (Å²) in [4.78, 5) is 13.4. The van der Waals surface area contributed by atoms with Gasteiger partial charge in [-0.1, -0.05) is 0 Å². The molecular formula is C12H24N2O2. The van der Waals surface area contributed by atoms with Crippen molar-refractivity contribution in [3.8, 4) is 0 Å². The van der Waals surface area contributed by atoms with Crippen molar-refractivity contribution in [3.05, 3.63) is 0 Å². The van der Waals surface area contributed by atoms with E-state index in [1.165, 1.54) is 12.8 Å². The molecule has 0 saturated carbocycles. The smallest absolute Gasteiger partial charge is 0.236 e. The lowest BCUT2D eigenvalue weighted by Crippen LogP contribution is -2.42. The van der Waals surface area contributed by atoms with Gasteiger partial charge in [0.2, 0.25) is 5.91 Å². The van der Waals surface area contributed by atoms with Gasteiger partial charge in [0.15, 0.2) is 0 Å². The Bertz CT molecular complexity index is 213. The third-order valence-electron chi connectivity index (χ3n) is 3.09. The zero-order valence-corrected chi connectivity index (χ0v) is 10.7. The largest absolute Gasteiger partial charge is 0.377 e. The standard InChI is InChI=1S/C12H24N2O2/c1-10(2)14(3)12(15)9-13-8-11-6-4-5-7-16-11/h10-11,13H,4-9H2,1-3H3. The molecule has 0 aromatic heterocycles. The summed E-state index contributed by atoms with van der Waals surface area (Å²) in [6.45, 7) is 6.10. The Morgan fingerprint density at radius 1 is 1.50 bits per heavy atom. The molecule has 1 aliphatic heterocycles. The molecule has 1 heterocycles. The van der Waals surface area contributed by atoms with Crippen molar-refractivity contribution in [1.82, 2.24) is 10.2 Å². The van der Waals surface area contributed by atoms with E-state index in [9.17, 15) is 4.79 Å². The van der Waals surface area contributed by atoms with E-state index in [-0.39, 0.29) is 11.9 Å². The summed E-state index contributed by atoms with van der Waals surface area (Å²) in [5.74, 6) is 0.144. The van der Waals surface area contributed by atoms with Crippen molar-refractivity contribution in [3.63, 3.8) is 0 Å². The SMILES string of the molecule is CC(C)N(C)C(=O)CNCC1CCCCO1. The van der Waals surface area contributed by atoms with Gasteiger partial charge in [0.1, 0.15) is 0 Å². The van der Waals surface area contributed by atoms with Crippen LogP contribution in [0.25, 0.3) is 0 Å². The van der Waals surface area contributed by atoms with Crippen LogP contribution in [0.3, 0.4) is 0 Å². The zero-order chi connectivity index (χ0) is 12.0. The summed E-state index contributed by atoms with van der Waals surface area (Å²) in [5, 5.41) is 3.17. The van der Waals surface area contributed by atoms with E-state index in [1.54, 1.807) is 4.90 Å². The maximum absolute atomic E-state index is 11.6. The zero-order valence-electron chi connectivity index (χ0n) is 10.7. The third-order valence-corrected chi connectivity index (χ3v) is 3.09. The maximum atomic E-state index is 11.6. The van der Waals surface area contributed by atoms with Gasteiger partial charge < -0.3 is 15.0 Å². The van der Waals surface area contributed by atoms with Crippen molar-refractivity contribution in [1.29, 1.82) is 0 Å². The summed E-state index contributed by atoms with van der Waals surface area (Å²) < 4.78 is 5.58. The van der Waals surface area contributed by atoms with Crippen molar-refractivity contribution in [2.24, 2.45) is 0 Å². The Morgan fingerprint density at radius 3 is 2.81 bits per heavy atom. The van der Waals surface area contributed by atoms with Gasteiger partial charge in [0, 0.05) is 26.2 Å². The van der Waals surface area contributed by atoms with Gasteiger partial charge in [-0.05, 0) is 33.1 Å². The molecule has 4 heteroatoms. The summed E-state index contributed by atoms with van der Waals surface area (Å²) in [6, 6.07) is 0.264. The van der Waals surface area contributed by atoms with Crippen LogP contribution in [-0.2, 0) is 9.53 Å². The molecule has 0 aromatic rings. The average Bonchev–Trinajstić information content (AvgIpc) is 2.29. The van der Waals surface area contributed by atoms with Crippen LogP contribution in [0.5, 0.6) is 0 Å². The fraction of sp³-hybridized carbons (Fsp3) is 0.917. The molecule has 1 rings (SSSR count). The number of carbonyl (C=O) groups is 1. The number of likely N-dealkylation sites (N-methyl/N-ethyl adjacent to an activating group) is 1. The number of rotatable bonds is 5. The van der Waals surface area contributed by atoms with Crippen LogP contribution < -0.4 is 5.32 Å². The number of hydrogen-bond donors (Lipinski definition) is 1. The number of nitrogens with one attached hydrogen (secondary N) is 1. The Labute approximate surface area is 98.3 Å². The Morgan fingerprint density at radius 2 is 2.25 bits per heavy atom. The molecule has 94 valence electrons. The van der Waals surface area contributed by atoms with E-state index >= 15 is 0 Å². The predicted molar refractivity (Wildman–Crippen MR) is 64.4 cm³/mol. The lowest BCUT2D eigenvalue weighted by atomic mass is 10.1. The van der Waals surface area contributed by atoms with E-state index in [1.807, 2.05) is 20.9 Å². The minimum Gasteiger partial charge on any atom is -0.377 e. The summed E-state index contributed by atoms with van der Waals surface area (Å²) >= 11 is 0. The molecule has 1 unspecified atom stereocenters. The number of amides is 1. The van der Waals surface area contributed by atoms with E-state index in [0.717, 1.165) is 19.6 Å². The van der Waals surface area contributed by atoms with E-state index in [0.29, 0.717) is 12.6 Å². The third kappa shape index (κ3) is 4.49. The topological polar surface area (TPSA) is 41.6 Å². The van der Waals surface area contributed by atoms with Crippen LogP contribution in [0.4, 0.5) is 0 Å². The number of hydrogen-bond acceptors (Lipinski definition) is 3. The van der Waals surface area contributed by atoms with Crippen molar-refractivity contribution in [2.75, 3.05) is 26.7 Å². The minimum atomic E-state index is 0.144. The van der Waals surface area contributed by atoms with Gasteiger partial charge in [0.05, 0.1) is 12.6 Å². The molecule has 1 saturated heterocycles. The quantitative estimate of drug-likeness (QED) is 0.763. The maximum Gasteiger partial charge on any atom is 0.236 e. The fourth-order valence-electron chi connectivity index (χ4n) is 1.72. The van der Waals surface area contributed by atoms with Crippen LogP contribution in [-0.4, -0.2) is 49.7 Å². The highest BCUT2D eigenvalue weighted by Gasteiger charge is 2.15. The molecular weight excluding hydrogens is 204 g/mol. The molecule has 1 aliphatic rings. The first-order valence-corrected chi connectivity index (χ1v) is 6.19. The summed E-state index contributed by atoms with van der Waals surface area (Å²) in [7, 11) is 1.84. The molecule has 16 heavy (non-hydrogen) atoms. The van der Waals surface area contributed by atoms with E-state index in [4.69, 9.17) is 4.74 Å². The Hall–Kier alpha value is -0.610. The lowest BCUT2D eigenvalue weighted by molar-refractivity contribution is -0.130. The van der Waals surface area contributed by atoms with E-state index in [2.05, 4.69) is 5.32 Å². The second kappa shape index (κ2) is 6.86. The predicted octanol–water partition coefficient (Wildman–Crippen LogP) is 1.01. The summed E-state index contributed by atoms with van der Waals surface area (Å²) in [5.41, 5.74) is 0. The summed E-state index contributed by atoms with van der Waals surface area (Å²) in [6.07, 6.45) is 3.82. The van der Waals surface area contributed by atoms with Gasteiger partial charge >= 0.3 is 0 Å². The first-order valence-electron chi connectivity index (χ1n) is 6.19. The van der Waals surface area contributed by atoms with Gasteiger partial charge in [-0.3, -0.25) is 4.79 Å². The van der Waals surface area contributed by atoms with Crippen LogP contribution in [0.2, 0.25) is 0 Å². The first-order chi connectivity index (χ1) is 7.61. The highest BCUT2D eigenvalue weighted by Crippen LogP contribution is 2.11. The van der Waals surface area contributed by atoms with Crippen molar-refractivity contribution in [2.45, 2.75) is 45.3 Å². The van der Waals surface area contributed by atoms with Crippen molar-refractivity contribution >= 4 is 5.91 Å². The second-order valence-electron chi connectivity index (χ2n) is 4.72. The molecule has 0 aromatic carbocycles. The van der Waals surface area contributed by atoms with Crippen LogP contribution in [0.15, 0.2) is 0 Å². The van der Waals surface area contributed by atoms with Crippen LogP contribution >= 0.6 is 0 Å². The van der Waals surface area contributed by atoms with Crippen LogP contribution in [0.1, 0.15) is 33.1 Å². The normalized spacial score (nSPS) is 21.1. The molecule has 1 atom stereocenters. The lowest BCUT2D eigenvalue weighted by Gasteiger charge is -2.24. The first kappa shape index (κ1) is 13.5. The van der Waals surface area contributed by atoms with Gasteiger partial charge in [-0.15, -0.1) is 0 Å². The van der Waals surface area contributed by atoms with Crippen molar-refractivity contribution < 1.29 is 9.53 Å². The van der Waals surface area contributed by atoms with Gasteiger partial charge in [0.25, 0.3) is 0 Å². The van der Waals surface area contributed by atoms with Gasteiger partial charge in [-0.2, -0.15) is 0 Å². The molecule has 4 nitrogen and oxygen atoms in total. The second-order valence-corrected chi connectivity index (χ2v) is 4.72. The molecule has 0 bridgehead atoms. The number of carbonyl (C=O) groups excluding carboxylic acids is 1. The Kier molecular flexibility index (Phi) is 5.77. The van der Waals surface area contributed by atoms with Crippen LogP contribution in [0, 0.1) is 0 Å². The van der Waals surface area contributed by atoms with E-state index < -0.39 is 0 Å². The molecule has 1 amide bonds. The number of nitrogens with zero attached hydrogens (tertiary/aromatic N) is 1. The minimum absolute atomic E-state index is 0.144. The molecule has 0 radical (unpaired) electrons. The molecule has 1 fully saturated rings. The average molecular weight is 228 g/mol. The molecule has 0 spiro atoms.